The van der Waals surface area contributed by atoms with E-state index in [4.69, 9.17) is 14.9 Å². The molecule has 1 rings (SSSR count). The van der Waals surface area contributed by atoms with Crippen molar-refractivity contribution in [2.45, 2.75) is 32.2 Å². The highest BCUT2D eigenvalue weighted by Crippen LogP contribution is 2.20. The number of rotatable bonds is 8. The van der Waals surface area contributed by atoms with Crippen LogP contribution in [0, 0.1) is 5.92 Å². The Labute approximate surface area is 102 Å². The molecule has 0 bridgehead atoms. The number of aliphatic carboxylic acids is 1. The zero-order valence-electron chi connectivity index (χ0n) is 10.5. The summed E-state index contributed by atoms with van der Waals surface area (Å²) in [6.45, 7) is 4.85. The smallest absolute Gasteiger partial charge is 0.310 e. The molecule has 2 N–H and O–H groups in total. The third kappa shape index (κ3) is 4.26. The standard InChI is InChI=1S/C12H23NO4/c1-2-13(6-4-3-5-7-14)11-9-17-8-10(11)12(15)16/h10-11,14H,2-9H2,1H3,(H,15,16). The van der Waals surface area contributed by atoms with Crippen LogP contribution in [-0.2, 0) is 9.53 Å². The molecular formula is C12H23NO4. The molecule has 0 aromatic carbocycles. The lowest BCUT2D eigenvalue weighted by Gasteiger charge is -2.29. The van der Waals surface area contributed by atoms with E-state index in [1.807, 2.05) is 6.92 Å². The van der Waals surface area contributed by atoms with E-state index in [0.29, 0.717) is 13.2 Å². The summed E-state index contributed by atoms with van der Waals surface area (Å²) in [6.07, 6.45) is 2.80. The molecule has 0 amide bonds. The first-order chi connectivity index (χ1) is 8.20. The minimum absolute atomic E-state index is 0.00614. The van der Waals surface area contributed by atoms with E-state index < -0.39 is 11.9 Å². The molecule has 0 radical (unpaired) electrons. The van der Waals surface area contributed by atoms with Crippen molar-refractivity contribution in [3.8, 4) is 0 Å². The normalized spacial score (nSPS) is 24.4. The summed E-state index contributed by atoms with van der Waals surface area (Å²) >= 11 is 0. The number of nitrogens with zero attached hydrogens (tertiary/aromatic N) is 1. The molecule has 1 heterocycles. The van der Waals surface area contributed by atoms with Crippen LogP contribution in [0.15, 0.2) is 0 Å². The number of hydrogen-bond acceptors (Lipinski definition) is 4. The van der Waals surface area contributed by atoms with E-state index in [-0.39, 0.29) is 12.6 Å². The lowest BCUT2D eigenvalue weighted by Crippen LogP contribution is -2.43. The van der Waals surface area contributed by atoms with Gasteiger partial charge in [0.25, 0.3) is 0 Å². The molecule has 5 heteroatoms. The largest absolute Gasteiger partial charge is 0.481 e. The lowest BCUT2D eigenvalue weighted by atomic mass is 10.0. The van der Waals surface area contributed by atoms with Gasteiger partial charge in [-0.25, -0.2) is 0 Å². The maximum Gasteiger partial charge on any atom is 0.310 e. The molecule has 5 nitrogen and oxygen atoms in total. The summed E-state index contributed by atoms with van der Waals surface area (Å²) in [6, 6.07) is 0.00614. The monoisotopic (exact) mass is 245 g/mol. The number of aliphatic hydroxyl groups is 1. The average Bonchev–Trinajstić information content (AvgIpc) is 2.78. The number of carboxylic acid groups (broad SMARTS) is 1. The predicted molar refractivity (Wildman–Crippen MR) is 63.9 cm³/mol. The summed E-state index contributed by atoms with van der Waals surface area (Å²) in [5.74, 6) is -1.16. The Morgan fingerprint density at radius 2 is 2.12 bits per heavy atom. The molecular weight excluding hydrogens is 222 g/mol. The van der Waals surface area contributed by atoms with Gasteiger partial charge in [-0.3, -0.25) is 9.69 Å². The van der Waals surface area contributed by atoms with Gasteiger partial charge in [-0.1, -0.05) is 6.92 Å². The van der Waals surface area contributed by atoms with Crippen LogP contribution in [0.2, 0.25) is 0 Å². The molecule has 0 spiro atoms. The Balaban J connectivity index is 2.40. The second-order valence-corrected chi connectivity index (χ2v) is 4.46. The van der Waals surface area contributed by atoms with Crippen LogP contribution in [0.25, 0.3) is 0 Å². The molecule has 2 unspecified atom stereocenters. The van der Waals surface area contributed by atoms with Crippen LogP contribution in [0.3, 0.4) is 0 Å². The zero-order valence-corrected chi connectivity index (χ0v) is 10.5. The summed E-state index contributed by atoms with van der Waals surface area (Å²) in [7, 11) is 0. The molecule has 100 valence electrons. The Morgan fingerprint density at radius 3 is 2.71 bits per heavy atom. The average molecular weight is 245 g/mol. The molecule has 1 saturated heterocycles. The predicted octanol–water partition coefficient (Wildman–Crippen LogP) is 0.570. The number of hydrogen-bond donors (Lipinski definition) is 2. The molecule has 1 aliphatic rings. The first kappa shape index (κ1) is 14.4. The van der Waals surface area contributed by atoms with Gasteiger partial charge >= 0.3 is 5.97 Å². The van der Waals surface area contributed by atoms with E-state index in [1.165, 1.54) is 0 Å². The van der Waals surface area contributed by atoms with Gasteiger partial charge in [0.1, 0.15) is 0 Å². The van der Waals surface area contributed by atoms with Gasteiger partial charge in [0.2, 0.25) is 0 Å². The first-order valence-electron chi connectivity index (χ1n) is 6.36. The number of aliphatic hydroxyl groups excluding tert-OH is 1. The molecule has 1 aliphatic heterocycles. The number of unbranched alkanes of at least 4 members (excludes halogenated alkanes) is 2. The van der Waals surface area contributed by atoms with Crippen molar-refractivity contribution in [3.63, 3.8) is 0 Å². The van der Waals surface area contributed by atoms with Crippen molar-refractivity contribution < 1.29 is 19.7 Å². The van der Waals surface area contributed by atoms with Crippen LogP contribution >= 0.6 is 0 Å². The number of carboxylic acids is 1. The molecule has 0 saturated carbocycles. The molecule has 0 aromatic rings. The zero-order chi connectivity index (χ0) is 12.7. The fourth-order valence-electron chi connectivity index (χ4n) is 2.30. The molecule has 17 heavy (non-hydrogen) atoms. The summed E-state index contributed by atoms with van der Waals surface area (Å²) in [4.78, 5) is 13.3. The van der Waals surface area contributed by atoms with Crippen LogP contribution in [0.1, 0.15) is 26.2 Å². The summed E-state index contributed by atoms with van der Waals surface area (Å²) in [5.41, 5.74) is 0. The molecule has 2 atom stereocenters. The van der Waals surface area contributed by atoms with Crippen LogP contribution < -0.4 is 0 Å². The summed E-state index contributed by atoms with van der Waals surface area (Å²) in [5, 5.41) is 17.8. The van der Waals surface area contributed by atoms with Gasteiger partial charge in [-0.05, 0) is 32.4 Å². The van der Waals surface area contributed by atoms with E-state index in [2.05, 4.69) is 4.90 Å². The van der Waals surface area contributed by atoms with E-state index in [0.717, 1.165) is 32.4 Å². The van der Waals surface area contributed by atoms with E-state index in [9.17, 15) is 4.79 Å². The SMILES string of the molecule is CCN(CCCCCO)C1COCC1C(=O)O. The van der Waals surface area contributed by atoms with Gasteiger partial charge in [0.15, 0.2) is 0 Å². The van der Waals surface area contributed by atoms with Crippen LogP contribution in [0.5, 0.6) is 0 Å². The van der Waals surface area contributed by atoms with Crippen LogP contribution in [0.4, 0.5) is 0 Å². The van der Waals surface area contributed by atoms with Crippen LogP contribution in [-0.4, -0.2) is 60.0 Å². The van der Waals surface area contributed by atoms with Gasteiger partial charge in [0, 0.05) is 12.6 Å². The lowest BCUT2D eigenvalue weighted by molar-refractivity contribution is -0.143. The van der Waals surface area contributed by atoms with Gasteiger partial charge in [0.05, 0.1) is 19.1 Å². The van der Waals surface area contributed by atoms with Gasteiger partial charge in [-0.15, -0.1) is 0 Å². The fourth-order valence-corrected chi connectivity index (χ4v) is 2.30. The van der Waals surface area contributed by atoms with Crippen molar-refractivity contribution in [3.05, 3.63) is 0 Å². The van der Waals surface area contributed by atoms with Crippen molar-refractivity contribution >= 4 is 5.97 Å². The highest BCUT2D eigenvalue weighted by Gasteiger charge is 2.37. The summed E-state index contributed by atoms with van der Waals surface area (Å²) < 4.78 is 5.28. The topological polar surface area (TPSA) is 70.0 Å². The fraction of sp³-hybridized carbons (Fsp3) is 0.917. The van der Waals surface area contributed by atoms with E-state index >= 15 is 0 Å². The Kier molecular flexibility index (Phi) is 6.47. The molecule has 0 aromatic heterocycles. The first-order valence-corrected chi connectivity index (χ1v) is 6.36. The van der Waals surface area contributed by atoms with Crippen molar-refractivity contribution in [2.24, 2.45) is 5.92 Å². The second-order valence-electron chi connectivity index (χ2n) is 4.46. The number of likely N-dealkylation sites (N-methyl/N-ethyl adjacent to an activating group) is 1. The Bertz CT molecular complexity index is 235. The minimum Gasteiger partial charge on any atom is -0.481 e. The maximum atomic E-state index is 11.1. The molecule has 1 fully saturated rings. The van der Waals surface area contributed by atoms with Crippen molar-refractivity contribution in [1.82, 2.24) is 4.90 Å². The third-order valence-electron chi connectivity index (χ3n) is 3.35. The van der Waals surface area contributed by atoms with Gasteiger partial charge < -0.3 is 14.9 Å². The second kappa shape index (κ2) is 7.63. The maximum absolute atomic E-state index is 11.1. The Hall–Kier alpha value is -0.650. The van der Waals surface area contributed by atoms with E-state index in [1.54, 1.807) is 0 Å². The minimum atomic E-state index is -0.763. The highest BCUT2D eigenvalue weighted by atomic mass is 16.5. The number of carbonyl (C=O) groups is 1. The van der Waals surface area contributed by atoms with Gasteiger partial charge in [-0.2, -0.15) is 0 Å². The third-order valence-corrected chi connectivity index (χ3v) is 3.35. The highest BCUT2D eigenvalue weighted by molar-refractivity contribution is 5.71. The molecule has 0 aliphatic carbocycles. The van der Waals surface area contributed by atoms with Crippen molar-refractivity contribution in [1.29, 1.82) is 0 Å². The van der Waals surface area contributed by atoms with Crippen molar-refractivity contribution in [2.75, 3.05) is 32.9 Å². The quantitative estimate of drug-likeness (QED) is 0.612. The Morgan fingerprint density at radius 1 is 1.35 bits per heavy atom. The number of ether oxygens (including phenoxy) is 1.